The summed E-state index contributed by atoms with van der Waals surface area (Å²) in [5.41, 5.74) is 1.18. The molecule has 2 rings (SSSR count). The number of para-hydroxylation sites is 2. The maximum atomic E-state index is 5.86. The molecule has 0 aliphatic carbocycles. The van der Waals surface area contributed by atoms with Gasteiger partial charge in [0.1, 0.15) is 12.4 Å². The highest BCUT2D eigenvalue weighted by Gasteiger charge is 2.14. The molecule has 18 heavy (non-hydrogen) atoms. The Morgan fingerprint density at radius 2 is 2.00 bits per heavy atom. The maximum Gasteiger partial charge on any atom is 0.142 e. The van der Waals surface area contributed by atoms with E-state index in [4.69, 9.17) is 9.47 Å². The molecule has 1 N–H and O–H groups in total. The van der Waals surface area contributed by atoms with Crippen LogP contribution in [0.3, 0.4) is 0 Å². The number of anilines is 1. The first kappa shape index (κ1) is 13.2. The van der Waals surface area contributed by atoms with E-state index < -0.39 is 0 Å². The minimum absolute atomic E-state index is 0.112. The molecule has 0 saturated carbocycles. The average molecular weight is 250 g/mol. The highest BCUT2D eigenvalue weighted by atomic mass is 16.5. The number of rotatable bonds is 5. The fourth-order valence-corrected chi connectivity index (χ4v) is 2.02. The van der Waals surface area contributed by atoms with E-state index in [-0.39, 0.29) is 6.10 Å². The van der Waals surface area contributed by atoms with Gasteiger partial charge in [0.25, 0.3) is 0 Å². The van der Waals surface area contributed by atoms with Crippen molar-refractivity contribution < 1.29 is 9.47 Å². The normalized spacial score (nSPS) is 17.6. The van der Waals surface area contributed by atoms with Crippen molar-refractivity contribution in [2.75, 3.05) is 44.8 Å². The van der Waals surface area contributed by atoms with Crippen LogP contribution in [0.15, 0.2) is 24.3 Å². The molecule has 4 heteroatoms. The van der Waals surface area contributed by atoms with E-state index in [0.717, 1.165) is 31.9 Å². The standard InChI is InChI=1S/C14H22N2O2/c1-12(17-2)11-18-14-6-4-3-5-13(14)16-9-7-15-8-10-16/h3-6,12,15H,7-11H2,1-2H3. The minimum atomic E-state index is 0.112. The lowest BCUT2D eigenvalue weighted by molar-refractivity contribution is 0.0718. The van der Waals surface area contributed by atoms with Crippen molar-refractivity contribution in [2.45, 2.75) is 13.0 Å². The molecule has 0 amide bonds. The van der Waals surface area contributed by atoms with Gasteiger partial charge in [0, 0.05) is 33.3 Å². The Kier molecular flexibility index (Phi) is 4.84. The Morgan fingerprint density at radius 1 is 1.28 bits per heavy atom. The van der Waals surface area contributed by atoms with E-state index in [2.05, 4.69) is 22.3 Å². The van der Waals surface area contributed by atoms with Gasteiger partial charge in [-0.05, 0) is 19.1 Å². The zero-order valence-corrected chi connectivity index (χ0v) is 11.2. The van der Waals surface area contributed by atoms with Crippen LogP contribution in [0.25, 0.3) is 0 Å². The third-order valence-corrected chi connectivity index (χ3v) is 3.20. The number of benzene rings is 1. The summed E-state index contributed by atoms with van der Waals surface area (Å²) in [4.78, 5) is 2.36. The van der Waals surface area contributed by atoms with Crippen LogP contribution in [-0.2, 0) is 4.74 Å². The summed E-state index contributed by atoms with van der Waals surface area (Å²) in [7, 11) is 1.70. The molecule has 4 nitrogen and oxygen atoms in total. The summed E-state index contributed by atoms with van der Waals surface area (Å²) in [6, 6.07) is 8.22. The van der Waals surface area contributed by atoms with Crippen molar-refractivity contribution in [3.05, 3.63) is 24.3 Å². The van der Waals surface area contributed by atoms with E-state index in [1.165, 1.54) is 5.69 Å². The first-order valence-corrected chi connectivity index (χ1v) is 6.51. The van der Waals surface area contributed by atoms with E-state index in [1.807, 2.05) is 19.1 Å². The van der Waals surface area contributed by atoms with Gasteiger partial charge in [-0.15, -0.1) is 0 Å². The molecule has 1 fully saturated rings. The zero-order chi connectivity index (χ0) is 12.8. The predicted molar refractivity (Wildman–Crippen MR) is 73.5 cm³/mol. The van der Waals surface area contributed by atoms with Gasteiger partial charge >= 0.3 is 0 Å². The summed E-state index contributed by atoms with van der Waals surface area (Å²) in [5.74, 6) is 0.948. The lowest BCUT2D eigenvalue weighted by Gasteiger charge is -2.31. The first-order chi connectivity index (χ1) is 8.81. The number of nitrogens with zero attached hydrogens (tertiary/aromatic N) is 1. The van der Waals surface area contributed by atoms with Crippen LogP contribution in [0.1, 0.15) is 6.92 Å². The maximum absolute atomic E-state index is 5.86. The molecular formula is C14H22N2O2. The largest absolute Gasteiger partial charge is 0.489 e. The molecule has 100 valence electrons. The second-order valence-electron chi connectivity index (χ2n) is 4.56. The van der Waals surface area contributed by atoms with Gasteiger partial charge in [-0.3, -0.25) is 0 Å². The summed E-state index contributed by atoms with van der Waals surface area (Å²) in [6.45, 7) is 6.71. The SMILES string of the molecule is COC(C)COc1ccccc1N1CCNCC1. The van der Waals surface area contributed by atoms with Crippen LogP contribution >= 0.6 is 0 Å². The van der Waals surface area contributed by atoms with Crippen LogP contribution in [0.5, 0.6) is 5.75 Å². The van der Waals surface area contributed by atoms with Crippen molar-refractivity contribution in [2.24, 2.45) is 0 Å². The smallest absolute Gasteiger partial charge is 0.142 e. The van der Waals surface area contributed by atoms with Crippen molar-refractivity contribution in [3.63, 3.8) is 0 Å². The Morgan fingerprint density at radius 3 is 2.72 bits per heavy atom. The lowest BCUT2D eigenvalue weighted by Crippen LogP contribution is -2.43. The molecule has 1 saturated heterocycles. The Balaban J connectivity index is 2.04. The molecule has 0 bridgehead atoms. The van der Waals surface area contributed by atoms with Gasteiger partial charge in [-0.1, -0.05) is 12.1 Å². The van der Waals surface area contributed by atoms with Crippen molar-refractivity contribution in [1.82, 2.24) is 5.32 Å². The number of piperazine rings is 1. The monoisotopic (exact) mass is 250 g/mol. The van der Waals surface area contributed by atoms with Gasteiger partial charge in [0.05, 0.1) is 11.8 Å². The number of ether oxygens (including phenoxy) is 2. The topological polar surface area (TPSA) is 33.7 Å². The molecule has 0 aromatic heterocycles. The minimum Gasteiger partial charge on any atom is -0.489 e. The molecule has 0 spiro atoms. The van der Waals surface area contributed by atoms with Gasteiger partial charge < -0.3 is 19.7 Å². The summed E-state index contributed by atoms with van der Waals surface area (Å²) in [6.07, 6.45) is 0.112. The molecule has 1 unspecified atom stereocenters. The molecule has 1 aromatic rings. The Hall–Kier alpha value is -1.26. The Labute approximate surface area is 109 Å². The third kappa shape index (κ3) is 3.37. The van der Waals surface area contributed by atoms with Crippen LogP contribution in [0.2, 0.25) is 0 Å². The fraction of sp³-hybridized carbons (Fsp3) is 0.571. The van der Waals surface area contributed by atoms with Gasteiger partial charge in [0.2, 0.25) is 0 Å². The second kappa shape index (κ2) is 6.61. The van der Waals surface area contributed by atoms with Gasteiger partial charge in [0.15, 0.2) is 0 Å². The van der Waals surface area contributed by atoms with Crippen LogP contribution in [-0.4, -0.2) is 46.0 Å². The van der Waals surface area contributed by atoms with Crippen LogP contribution in [0.4, 0.5) is 5.69 Å². The molecule has 1 aliphatic rings. The molecular weight excluding hydrogens is 228 g/mol. The predicted octanol–water partition coefficient (Wildman–Crippen LogP) is 1.51. The average Bonchev–Trinajstić information content (AvgIpc) is 2.46. The number of hydrogen-bond donors (Lipinski definition) is 1. The molecule has 1 aliphatic heterocycles. The highest BCUT2D eigenvalue weighted by molar-refractivity contribution is 5.58. The Bertz CT molecular complexity index is 365. The van der Waals surface area contributed by atoms with Crippen molar-refractivity contribution >= 4 is 5.69 Å². The van der Waals surface area contributed by atoms with E-state index in [1.54, 1.807) is 7.11 Å². The third-order valence-electron chi connectivity index (χ3n) is 3.20. The zero-order valence-electron chi connectivity index (χ0n) is 11.2. The van der Waals surface area contributed by atoms with E-state index in [9.17, 15) is 0 Å². The lowest BCUT2D eigenvalue weighted by atomic mass is 10.2. The fourth-order valence-electron chi connectivity index (χ4n) is 2.02. The number of methoxy groups -OCH3 is 1. The number of hydrogen-bond acceptors (Lipinski definition) is 4. The van der Waals surface area contributed by atoms with E-state index in [0.29, 0.717) is 6.61 Å². The summed E-state index contributed by atoms with van der Waals surface area (Å²) in [5, 5.41) is 3.36. The molecule has 1 aromatic carbocycles. The van der Waals surface area contributed by atoms with Crippen LogP contribution < -0.4 is 15.0 Å². The second-order valence-corrected chi connectivity index (χ2v) is 4.56. The highest BCUT2D eigenvalue weighted by Crippen LogP contribution is 2.28. The van der Waals surface area contributed by atoms with Gasteiger partial charge in [-0.25, -0.2) is 0 Å². The quantitative estimate of drug-likeness (QED) is 0.859. The number of nitrogens with one attached hydrogen (secondary N) is 1. The molecule has 1 heterocycles. The first-order valence-electron chi connectivity index (χ1n) is 6.51. The van der Waals surface area contributed by atoms with Crippen molar-refractivity contribution in [3.8, 4) is 5.75 Å². The summed E-state index contributed by atoms with van der Waals surface area (Å²) < 4.78 is 11.1. The van der Waals surface area contributed by atoms with Crippen LogP contribution in [0, 0.1) is 0 Å². The molecule has 1 atom stereocenters. The van der Waals surface area contributed by atoms with Gasteiger partial charge in [-0.2, -0.15) is 0 Å². The van der Waals surface area contributed by atoms with Crippen molar-refractivity contribution in [1.29, 1.82) is 0 Å². The summed E-state index contributed by atoms with van der Waals surface area (Å²) >= 11 is 0. The van der Waals surface area contributed by atoms with E-state index >= 15 is 0 Å². The molecule has 0 radical (unpaired) electrons.